The van der Waals surface area contributed by atoms with Crippen LogP contribution in [0.1, 0.15) is 0 Å². The first-order valence-electron chi connectivity index (χ1n) is 2.12. The monoisotopic (exact) mass is 138 g/mol. The molecule has 0 aliphatic heterocycles. The molecule has 0 unspecified atom stereocenters. The van der Waals surface area contributed by atoms with Crippen molar-refractivity contribution < 1.29 is 0 Å². The normalized spacial score (nSPS) is 8.88. The molecule has 3 nitrogen and oxygen atoms in total. The van der Waals surface area contributed by atoms with Gasteiger partial charge >= 0.3 is 0 Å². The molecule has 0 aromatic heterocycles. The first-order valence-corrected chi connectivity index (χ1v) is 5.57. The van der Waals surface area contributed by atoms with Crippen molar-refractivity contribution >= 4 is 37.8 Å². The minimum absolute atomic E-state index is 0. The van der Waals surface area contributed by atoms with Crippen LogP contribution < -0.4 is 0 Å². The Labute approximate surface area is 72.5 Å². The summed E-state index contributed by atoms with van der Waals surface area (Å²) < 4.78 is 3.58. The van der Waals surface area contributed by atoms with E-state index in [0.29, 0.717) is 0 Å². The summed E-state index contributed by atoms with van der Waals surface area (Å²) in [5.41, 5.74) is 7.89. The van der Waals surface area contributed by atoms with Crippen LogP contribution in [0.15, 0.2) is 4.78 Å². The van der Waals surface area contributed by atoms with Crippen LogP contribution >= 0.6 is 0 Å². The van der Waals surface area contributed by atoms with Gasteiger partial charge in [-0.05, 0) is 10.4 Å². The first-order chi connectivity index (χ1) is 3.06. The van der Waals surface area contributed by atoms with Gasteiger partial charge in [-0.15, -0.1) is 4.78 Å². The van der Waals surface area contributed by atoms with Gasteiger partial charge in [0, 0.05) is 29.6 Å². The third-order valence-electron chi connectivity index (χ3n) is 0.345. The SMILES string of the molecule is C[Si](C)(C)N=[N+]=[N-].[Na]. The number of hydrogen-bond donors (Lipinski definition) is 0. The molecule has 0 aromatic rings. The van der Waals surface area contributed by atoms with Crippen molar-refractivity contribution in [3.05, 3.63) is 10.4 Å². The zero-order valence-corrected chi connectivity index (χ0v) is 8.84. The Morgan fingerprint density at radius 3 is 1.75 bits per heavy atom. The quantitative estimate of drug-likeness (QED) is 0.229. The Hall–Kier alpha value is 0.527. The van der Waals surface area contributed by atoms with Crippen LogP contribution in [0.5, 0.6) is 0 Å². The predicted octanol–water partition coefficient (Wildman–Crippen LogP) is 1.75. The van der Waals surface area contributed by atoms with Crippen LogP contribution in [-0.4, -0.2) is 37.8 Å². The molecular formula is C3H9N3NaSi. The van der Waals surface area contributed by atoms with E-state index in [-0.39, 0.29) is 29.6 Å². The van der Waals surface area contributed by atoms with Crippen LogP contribution in [-0.2, 0) is 0 Å². The molecule has 0 N–H and O–H groups in total. The summed E-state index contributed by atoms with van der Waals surface area (Å²) in [7, 11) is -1.45. The molecule has 0 spiro atoms. The largest absolute Gasteiger partial charge is 0.146 e. The minimum Gasteiger partial charge on any atom is -0.125 e. The minimum atomic E-state index is -1.45. The summed E-state index contributed by atoms with van der Waals surface area (Å²) in [6.07, 6.45) is 0. The fourth-order valence-electron chi connectivity index (χ4n) is 0.134. The third-order valence-corrected chi connectivity index (χ3v) is 1.03. The van der Waals surface area contributed by atoms with E-state index in [1.54, 1.807) is 0 Å². The van der Waals surface area contributed by atoms with Crippen LogP contribution in [0.25, 0.3) is 10.4 Å². The average molecular weight is 138 g/mol. The van der Waals surface area contributed by atoms with Crippen molar-refractivity contribution in [1.29, 1.82) is 0 Å². The standard InChI is InChI=1S/C3H9N3Si.Na/c1-7(2,3)6-5-4;/h1-3H3;. The van der Waals surface area contributed by atoms with Gasteiger partial charge in [0.05, 0.1) is 0 Å². The van der Waals surface area contributed by atoms with Gasteiger partial charge in [0.15, 0.2) is 0 Å². The van der Waals surface area contributed by atoms with E-state index in [0.717, 1.165) is 0 Å². The molecule has 1 radical (unpaired) electrons. The second kappa shape index (κ2) is 4.41. The van der Waals surface area contributed by atoms with Crippen molar-refractivity contribution in [1.82, 2.24) is 0 Å². The van der Waals surface area contributed by atoms with Gasteiger partial charge in [-0.2, -0.15) is 0 Å². The average Bonchev–Trinajstić information content (AvgIpc) is 1.30. The maximum Gasteiger partial charge on any atom is 0.146 e. The van der Waals surface area contributed by atoms with E-state index in [2.05, 4.69) is 9.69 Å². The van der Waals surface area contributed by atoms with Gasteiger partial charge in [0.25, 0.3) is 0 Å². The first kappa shape index (κ1) is 11.3. The van der Waals surface area contributed by atoms with Gasteiger partial charge in [0.2, 0.25) is 0 Å². The Bertz CT molecular complexity index is 102. The molecule has 0 amide bonds. The van der Waals surface area contributed by atoms with Gasteiger partial charge in [0.1, 0.15) is 8.24 Å². The molecule has 0 saturated carbocycles. The van der Waals surface area contributed by atoms with Crippen molar-refractivity contribution in [2.45, 2.75) is 19.6 Å². The molecule has 5 heteroatoms. The predicted molar refractivity (Wildman–Crippen MR) is 38.2 cm³/mol. The number of hydrogen-bond acceptors (Lipinski definition) is 1. The van der Waals surface area contributed by atoms with E-state index < -0.39 is 8.24 Å². The third kappa shape index (κ3) is 9.73. The molecule has 0 bridgehead atoms. The van der Waals surface area contributed by atoms with Crippen LogP contribution in [0.4, 0.5) is 0 Å². The Morgan fingerprint density at radius 2 is 1.75 bits per heavy atom. The number of nitrogens with zero attached hydrogens (tertiary/aromatic N) is 3. The number of azide groups is 1. The van der Waals surface area contributed by atoms with Crippen molar-refractivity contribution in [3.8, 4) is 0 Å². The van der Waals surface area contributed by atoms with Crippen molar-refractivity contribution in [3.63, 3.8) is 0 Å². The molecule has 0 aliphatic rings. The smallest absolute Gasteiger partial charge is 0.125 e. The Kier molecular flexibility index (Phi) is 6.25. The summed E-state index contributed by atoms with van der Waals surface area (Å²) in [6, 6.07) is 0. The fraction of sp³-hybridized carbons (Fsp3) is 1.00. The van der Waals surface area contributed by atoms with E-state index in [1.807, 2.05) is 19.6 Å². The zero-order chi connectivity index (χ0) is 5.91. The van der Waals surface area contributed by atoms with E-state index in [1.165, 1.54) is 0 Å². The molecule has 0 aliphatic carbocycles. The van der Waals surface area contributed by atoms with E-state index in [4.69, 9.17) is 5.53 Å². The molecule has 0 fully saturated rings. The second-order valence-corrected chi connectivity index (χ2v) is 6.90. The molecule has 0 atom stereocenters. The fourth-order valence-corrected chi connectivity index (χ4v) is 0.402. The summed E-state index contributed by atoms with van der Waals surface area (Å²) in [5.74, 6) is 0. The number of rotatable bonds is 1. The molecule has 0 heterocycles. The molecule has 0 aromatic carbocycles. The van der Waals surface area contributed by atoms with Crippen LogP contribution in [0, 0.1) is 0 Å². The van der Waals surface area contributed by atoms with Crippen LogP contribution in [0.3, 0.4) is 0 Å². The molecule has 41 valence electrons. The summed E-state index contributed by atoms with van der Waals surface area (Å²) in [4.78, 5) is 2.69. The van der Waals surface area contributed by atoms with Gasteiger partial charge < -0.3 is 0 Å². The zero-order valence-electron chi connectivity index (χ0n) is 5.84. The van der Waals surface area contributed by atoms with E-state index in [9.17, 15) is 0 Å². The van der Waals surface area contributed by atoms with Crippen LogP contribution in [0.2, 0.25) is 19.6 Å². The van der Waals surface area contributed by atoms with Crippen molar-refractivity contribution in [2.75, 3.05) is 0 Å². The summed E-state index contributed by atoms with van der Waals surface area (Å²) in [6.45, 7) is 5.98. The van der Waals surface area contributed by atoms with Gasteiger partial charge in [-0.25, -0.2) is 0 Å². The molecule has 0 saturated heterocycles. The van der Waals surface area contributed by atoms with E-state index >= 15 is 0 Å². The summed E-state index contributed by atoms with van der Waals surface area (Å²) >= 11 is 0. The van der Waals surface area contributed by atoms with Gasteiger partial charge in [-0.3, -0.25) is 0 Å². The second-order valence-electron chi connectivity index (χ2n) is 2.36. The Morgan fingerprint density at radius 1 is 1.38 bits per heavy atom. The summed E-state index contributed by atoms with van der Waals surface area (Å²) in [5, 5.41) is 0. The molecule has 0 rings (SSSR count). The molecule has 8 heavy (non-hydrogen) atoms. The maximum atomic E-state index is 7.89. The van der Waals surface area contributed by atoms with Gasteiger partial charge in [-0.1, -0.05) is 19.6 Å². The topological polar surface area (TPSA) is 48.8 Å². The Balaban J connectivity index is 0. The van der Waals surface area contributed by atoms with Crippen molar-refractivity contribution in [2.24, 2.45) is 4.78 Å². The molecular weight excluding hydrogens is 129 g/mol. The maximum absolute atomic E-state index is 7.89.